The molecule has 2 N–H and O–H groups in total. The Morgan fingerprint density at radius 2 is 2.58 bits per heavy atom. The molecule has 0 radical (unpaired) electrons. The summed E-state index contributed by atoms with van der Waals surface area (Å²) in [4.78, 5) is 11.2. The molecule has 1 saturated heterocycles. The maximum Gasteiger partial charge on any atom is 0.237 e. The van der Waals surface area contributed by atoms with Crippen LogP contribution in [0.3, 0.4) is 0 Å². The van der Waals surface area contributed by atoms with Crippen molar-refractivity contribution < 1.29 is 9.18 Å². The first-order valence-electron chi connectivity index (χ1n) is 4.00. The van der Waals surface area contributed by atoms with Gasteiger partial charge in [-0.3, -0.25) is 4.79 Å². The van der Waals surface area contributed by atoms with Gasteiger partial charge in [-0.15, -0.1) is 6.58 Å². The lowest BCUT2D eigenvalue weighted by molar-refractivity contribution is -0.122. The predicted octanol–water partition coefficient (Wildman–Crippen LogP) is -0.0114. The summed E-state index contributed by atoms with van der Waals surface area (Å²) < 4.78 is 12.6. The summed E-state index contributed by atoms with van der Waals surface area (Å²) in [6, 6.07) is -0.361. The number of alkyl halides is 1. The van der Waals surface area contributed by atoms with Crippen molar-refractivity contribution in [1.82, 2.24) is 10.6 Å². The van der Waals surface area contributed by atoms with E-state index in [9.17, 15) is 9.18 Å². The number of carbonyl (C=O) groups is 1. The third kappa shape index (κ3) is 2.30. The second-order valence-electron chi connectivity index (χ2n) is 2.83. The lowest BCUT2D eigenvalue weighted by Crippen LogP contribution is -2.40. The molecule has 0 aliphatic carbocycles. The Bertz CT molecular complexity index is 184. The molecule has 0 unspecified atom stereocenters. The number of rotatable bonds is 3. The highest BCUT2D eigenvalue weighted by Gasteiger charge is 2.28. The molecule has 1 aliphatic heterocycles. The van der Waals surface area contributed by atoms with Crippen molar-refractivity contribution in [2.45, 2.75) is 18.6 Å². The van der Waals surface area contributed by atoms with E-state index < -0.39 is 6.17 Å². The fourth-order valence-electron chi connectivity index (χ4n) is 1.19. The van der Waals surface area contributed by atoms with Gasteiger partial charge in [-0.2, -0.15) is 0 Å². The molecule has 0 saturated carbocycles. The lowest BCUT2D eigenvalue weighted by atomic mass is 10.2. The van der Waals surface area contributed by atoms with Gasteiger partial charge in [-0.25, -0.2) is 4.39 Å². The van der Waals surface area contributed by atoms with Crippen LogP contribution in [-0.4, -0.2) is 31.2 Å². The van der Waals surface area contributed by atoms with Gasteiger partial charge in [-0.1, -0.05) is 6.08 Å². The van der Waals surface area contributed by atoms with Gasteiger partial charge in [0.2, 0.25) is 5.91 Å². The minimum absolute atomic E-state index is 0.143. The molecule has 1 rings (SSSR count). The fourth-order valence-corrected chi connectivity index (χ4v) is 1.19. The monoisotopic (exact) mass is 172 g/mol. The van der Waals surface area contributed by atoms with Crippen LogP contribution < -0.4 is 10.6 Å². The average Bonchev–Trinajstić information content (AvgIpc) is 2.47. The number of nitrogens with one attached hydrogen (secondary N) is 2. The summed E-state index contributed by atoms with van der Waals surface area (Å²) in [6.45, 7) is 4.19. The molecule has 0 aromatic carbocycles. The predicted molar refractivity (Wildman–Crippen MR) is 44.5 cm³/mol. The van der Waals surface area contributed by atoms with Crippen molar-refractivity contribution in [3.63, 3.8) is 0 Å². The summed E-state index contributed by atoms with van der Waals surface area (Å²) in [6.07, 6.45) is 0.993. The molecule has 1 aliphatic rings. The number of hydrogen-bond acceptors (Lipinski definition) is 2. The van der Waals surface area contributed by atoms with Gasteiger partial charge in [0.1, 0.15) is 6.17 Å². The van der Waals surface area contributed by atoms with Crippen LogP contribution in [0.25, 0.3) is 0 Å². The quantitative estimate of drug-likeness (QED) is 0.588. The van der Waals surface area contributed by atoms with Crippen LogP contribution in [0.15, 0.2) is 12.7 Å². The zero-order valence-corrected chi connectivity index (χ0v) is 6.85. The van der Waals surface area contributed by atoms with Crippen LogP contribution >= 0.6 is 0 Å². The number of halogens is 1. The smallest absolute Gasteiger partial charge is 0.237 e. The summed E-state index contributed by atoms with van der Waals surface area (Å²) in [5, 5.41) is 5.40. The Morgan fingerprint density at radius 3 is 3.08 bits per heavy atom. The van der Waals surface area contributed by atoms with Crippen molar-refractivity contribution in [2.24, 2.45) is 0 Å². The van der Waals surface area contributed by atoms with E-state index in [1.54, 1.807) is 6.08 Å². The molecule has 1 amide bonds. The molecule has 3 nitrogen and oxygen atoms in total. The Hall–Kier alpha value is -0.900. The van der Waals surface area contributed by atoms with Crippen molar-refractivity contribution in [3.05, 3.63) is 12.7 Å². The SMILES string of the molecule is C=CCNC(=O)[C@H]1C[C@H](F)CN1. The number of hydrogen-bond donors (Lipinski definition) is 2. The second-order valence-corrected chi connectivity index (χ2v) is 2.83. The van der Waals surface area contributed by atoms with Crippen LogP contribution in [0.5, 0.6) is 0 Å². The Labute approximate surface area is 71.0 Å². The molecule has 2 atom stereocenters. The van der Waals surface area contributed by atoms with Crippen molar-refractivity contribution in [2.75, 3.05) is 13.1 Å². The maximum absolute atomic E-state index is 12.6. The minimum Gasteiger partial charge on any atom is -0.351 e. The van der Waals surface area contributed by atoms with Gasteiger partial charge in [0, 0.05) is 19.5 Å². The Balaban J connectivity index is 2.28. The van der Waals surface area contributed by atoms with E-state index in [0.29, 0.717) is 6.54 Å². The number of carbonyl (C=O) groups excluding carboxylic acids is 1. The van der Waals surface area contributed by atoms with Crippen LogP contribution in [0.1, 0.15) is 6.42 Å². The summed E-state index contributed by atoms with van der Waals surface area (Å²) in [5.41, 5.74) is 0. The van der Waals surface area contributed by atoms with E-state index in [-0.39, 0.29) is 24.9 Å². The van der Waals surface area contributed by atoms with Crippen LogP contribution in [0.4, 0.5) is 4.39 Å². The van der Waals surface area contributed by atoms with E-state index in [4.69, 9.17) is 0 Å². The molecule has 12 heavy (non-hydrogen) atoms. The molecular formula is C8H13FN2O. The topological polar surface area (TPSA) is 41.1 Å². The molecule has 0 aromatic rings. The normalized spacial score (nSPS) is 28.4. The Morgan fingerprint density at radius 1 is 1.83 bits per heavy atom. The van der Waals surface area contributed by atoms with Crippen molar-refractivity contribution >= 4 is 5.91 Å². The molecule has 4 heteroatoms. The van der Waals surface area contributed by atoms with E-state index in [1.165, 1.54) is 0 Å². The second kappa shape index (κ2) is 4.21. The lowest BCUT2D eigenvalue weighted by Gasteiger charge is -2.08. The molecule has 0 aromatic heterocycles. The zero-order valence-electron chi connectivity index (χ0n) is 6.85. The van der Waals surface area contributed by atoms with Crippen molar-refractivity contribution in [3.8, 4) is 0 Å². The van der Waals surface area contributed by atoms with Gasteiger partial charge in [0.25, 0.3) is 0 Å². The van der Waals surface area contributed by atoms with Gasteiger partial charge in [-0.05, 0) is 0 Å². The van der Waals surface area contributed by atoms with Crippen molar-refractivity contribution in [1.29, 1.82) is 0 Å². The van der Waals surface area contributed by atoms with Gasteiger partial charge >= 0.3 is 0 Å². The minimum atomic E-state index is -0.885. The number of amides is 1. The first-order valence-corrected chi connectivity index (χ1v) is 4.00. The van der Waals surface area contributed by atoms with Gasteiger partial charge in [0.15, 0.2) is 0 Å². The largest absolute Gasteiger partial charge is 0.351 e. The first kappa shape index (κ1) is 9.19. The molecule has 68 valence electrons. The first-order chi connectivity index (χ1) is 5.74. The average molecular weight is 172 g/mol. The van der Waals surface area contributed by atoms with E-state index in [0.717, 1.165) is 0 Å². The molecule has 0 spiro atoms. The summed E-state index contributed by atoms with van der Waals surface area (Å²) >= 11 is 0. The molecule has 1 heterocycles. The highest BCUT2D eigenvalue weighted by molar-refractivity contribution is 5.82. The van der Waals surface area contributed by atoms with E-state index in [1.807, 2.05) is 0 Å². The highest BCUT2D eigenvalue weighted by Crippen LogP contribution is 2.09. The standard InChI is InChI=1S/C8H13FN2O/c1-2-3-10-8(12)7-4-6(9)5-11-7/h2,6-7,11H,1,3-5H2,(H,10,12)/t6-,7+/m0/s1. The van der Waals surface area contributed by atoms with Crippen LogP contribution in [0, 0.1) is 0 Å². The molecule has 0 bridgehead atoms. The third-order valence-electron chi connectivity index (χ3n) is 1.81. The summed E-state index contributed by atoms with van der Waals surface area (Å²) in [5.74, 6) is -0.143. The summed E-state index contributed by atoms with van der Waals surface area (Å²) in [7, 11) is 0. The Kier molecular flexibility index (Phi) is 3.22. The van der Waals surface area contributed by atoms with Gasteiger partial charge in [0.05, 0.1) is 6.04 Å². The van der Waals surface area contributed by atoms with Crippen LogP contribution in [0.2, 0.25) is 0 Å². The van der Waals surface area contributed by atoms with E-state index >= 15 is 0 Å². The third-order valence-corrected chi connectivity index (χ3v) is 1.81. The highest BCUT2D eigenvalue weighted by atomic mass is 19.1. The van der Waals surface area contributed by atoms with E-state index in [2.05, 4.69) is 17.2 Å². The zero-order chi connectivity index (χ0) is 8.97. The molecular weight excluding hydrogens is 159 g/mol. The maximum atomic E-state index is 12.6. The molecule has 1 fully saturated rings. The van der Waals surface area contributed by atoms with Gasteiger partial charge < -0.3 is 10.6 Å². The fraction of sp³-hybridized carbons (Fsp3) is 0.625. The van der Waals surface area contributed by atoms with Crippen LogP contribution in [-0.2, 0) is 4.79 Å².